The molecule has 1 rings (SSSR count). The molecule has 3 N–H and O–H groups in total. The van der Waals surface area contributed by atoms with Crippen LogP contribution in [0.4, 0.5) is 4.79 Å². The number of amides is 1. The number of aliphatic hydroxyl groups is 1. The van der Waals surface area contributed by atoms with E-state index in [4.69, 9.17) is 15.6 Å². The average molecular weight is 195 g/mol. The molecule has 0 fully saturated rings. The monoisotopic (exact) mass is 195 g/mol. The molecule has 0 spiro atoms. The zero-order chi connectivity index (χ0) is 10.4. The minimum atomic E-state index is -0.827. The SMILES string of the molecule is NC(=O)O[C@@H](CCO)c1ccccc1. The molecule has 0 aliphatic carbocycles. The Morgan fingerprint density at radius 1 is 1.43 bits per heavy atom. The van der Waals surface area contributed by atoms with Crippen LogP contribution in [0.1, 0.15) is 18.1 Å². The Hall–Kier alpha value is -1.55. The zero-order valence-electron chi connectivity index (χ0n) is 7.72. The molecule has 76 valence electrons. The third-order valence-electron chi connectivity index (χ3n) is 1.82. The number of carbonyl (C=O) groups is 1. The second-order valence-electron chi connectivity index (χ2n) is 2.85. The van der Waals surface area contributed by atoms with Crippen LogP contribution in [-0.4, -0.2) is 17.8 Å². The fraction of sp³-hybridized carbons (Fsp3) is 0.300. The number of hydrogen-bond acceptors (Lipinski definition) is 3. The number of nitrogens with two attached hydrogens (primary N) is 1. The number of benzene rings is 1. The molecule has 4 nitrogen and oxygen atoms in total. The number of hydrogen-bond donors (Lipinski definition) is 2. The van der Waals surface area contributed by atoms with Gasteiger partial charge < -0.3 is 15.6 Å². The molecule has 0 saturated heterocycles. The molecule has 0 aliphatic rings. The van der Waals surface area contributed by atoms with Gasteiger partial charge in [-0.25, -0.2) is 4.79 Å². The van der Waals surface area contributed by atoms with Crippen LogP contribution in [0.15, 0.2) is 30.3 Å². The van der Waals surface area contributed by atoms with Gasteiger partial charge in [0.15, 0.2) is 0 Å². The largest absolute Gasteiger partial charge is 0.441 e. The number of primary amides is 1. The second-order valence-corrected chi connectivity index (χ2v) is 2.85. The summed E-state index contributed by atoms with van der Waals surface area (Å²) in [5.41, 5.74) is 5.75. The summed E-state index contributed by atoms with van der Waals surface area (Å²) < 4.78 is 4.86. The summed E-state index contributed by atoms with van der Waals surface area (Å²) in [5.74, 6) is 0. The quantitative estimate of drug-likeness (QED) is 0.758. The molecule has 0 heterocycles. The van der Waals surface area contributed by atoms with Crippen molar-refractivity contribution in [1.29, 1.82) is 0 Å². The number of rotatable bonds is 4. The van der Waals surface area contributed by atoms with Crippen LogP contribution < -0.4 is 5.73 Å². The molecule has 1 amide bonds. The molecular formula is C10H13NO3. The van der Waals surface area contributed by atoms with E-state index in [1.807, 2.05) is 30.3 Å². The van der Waals surface area contributed by atoms with Crippen molar-refractivity contribution in [3.63, 3.8) is 0 Å². The number of aliphatic hydroxyl groups excluding tert-OH is 1. The fourth-order valence-corrected chi connectivity index (χ4v) is 1.22. The molecular weight excluding hydrogens is 182 g/mol. The van der Waals surface area contributed by atoms with Gasteiger partial charge in [-0.15, -0.1) is 0 Å². The van der Waals surface area contributed by atoms with Crippen LogP contribution in [0, 0.1) is 0 Å². The van der Waals surface area contributed by atoms with Gasteiger partial charge in [-0.3, -0.25) is 0 Å². The van der Waals surface area contributed by atoms with E-state index >= 15 is 0 Å². The molecule has 1 aromatic rings. The van der Waals surface area contributed by atoms with Crippen molar-refractivity contribution in [2.45, 2.75) is 12.5 Å². The summed E-state index contributed by atoms with van der Waals surface area (Å²) in [4.78, 5) is 10.6. The lowest BCUT2D eigenvalue weighted by molar-refractivity contribution is 0.0877. The molecule has 0 bridgehead atoms. The van der Waals surface area contributed by atoms with Gasteiger partial charge in [0.05, 0.1) is 0 Å². The molecule has 0 saturated carbocycles. The van der Waals surface area contributed by atoms with Crippen LogP contribution >= 0.6 is 0 Å². The maximum absolute atomic E-state index is 10.6. The van der Waals surface area contributed by atoms with Crippen molar-refractivity contribution in [2.24, 2.45) is 5.73 Å². The van der Waals surface area contributed by atoms with Gasteiger partial charge in [-0.1, -0.05) is 30.3 Å². The summed E-state index contributed by atoms with van der Waals surface area (Å²) in [6.45, 7) is -0.0488. The van der Waals surface area contributed by atoms with Crippen molar-refractivity contribution in [1.82, 2.24) is 0 Å². The van der Waals surface area contributed by atoms with E-state index in [-0.39, 0.29) is 6.61 Å². The Labute approximate surface area is 82.3 Å². The highest BCUT2D eigenvalue weighted by Gasteiger charge is 2.13. The van der Waals surface area contributed by atoms with E-state index < -0.39 is 12.2 Å². The highest BCUT2D eigenvalue weighted by Crippen LogP contribution is 2.20. The summed E-state index contributed by atoms with van der Waals surface area (Å²) in [5, 5.41) is 8.78. The van der Waals surface area contributed by atoms with E-state index in [1.165, 1.54) is 0 Å². The molecule has 1 atom stereocenters. The van der Waals surface area contributed by atoms with Crippen LogP contribution in [0.25, 0.3) is 0 Å². The van der Waals surface area contributed by atoms with Crippen molar-refractivity contribution < 1.29 is 14.6 Å². The highest BCUT2D eigenvalue weighted by atomic mass is 16.6. The summed E-state index contributed by atoms with van der Waals surface area (Å²) in [6, 6.07) is 9.18. The van der Waals surface area contributed by atoms with Crippen molar-refractivity contribution >= 4 is 6.09 Å². The van der Waals surface area contributed by atoms with Crippen molar-refractivity contribution in [3.05, 3.63) is 35.9 Å². The van der Waals surface area contributed by atoms with Gasteiger partial charge in [0.2, 0.25) is 0 Å². The lowest BCUT2D eigenvalue weighted by Gasteiger charge is -2.15. The highest BCUT2D eigenvalue weighted by molar-refractivity contribution is 5.65. The average Bonchev–Trinajstić information content (AvgIpc) is 2.18. The minimum Gasteiger partial charge on any atom is -0.441 e. The first-order valence-electron chi connectivity index (χ1n) is 4.36. The first-order valence-corrected chi connectivity index (χ1v) is 4.36. The molecule has 14 heavy (non-hydrogen) atoms. The lowest BCUT2D eigenvalue weighted by Crippen LogP contribution is -2.18. The maximum Gasteiger partial charge on any atom is 0.405 e. The summed E-state index contributed by atoms with van der Waals surface area (Å²) in [7, 11) is 0. The van der Waals surface area contributed by atoms with Crippen LogP contribution in [0.5, 0.6) is 0 Å². The van der Waals surface area contributed by atoms with Crippen LogP contribution in [0.3, 0.4) is 0 Å². The Morgan fingerprint density at radius 3 is 2.57 bits per heavy atom. The predicted molar refractivity (Wildman–Crippen MR) is 51.6 cm³/mol. The minimum absolute atomic E-state index is 0.0488. The third-order valence-corrected chi connectivity index (χ3v) is 1.82. The standard InChI is InChI=1S/C10H13NO3/c11-10(13)14-9(6-7-12)8-4-2-1-3-5-8/h1-5,9,12H,6-7H2,(H2,11,13)/t9-/m0/s1. The Morgan fingerprint density at radius 2 is 2.07 bits per heavy atom. The lowest BCUT2D eigenvalue weighted by atomic mass is 10.1. The van der Waals surface area contributed by atoms with E-state index in [0.717, 1.165) is 5.56 Å². The second kappa shape index (κ2) is 5.24. The van der Waals surface area contributed by atoms with Gasteiger partial charge in [-0.05, 0) is 5.56 Å². The normalized spacial score (nSPS) is 12.1. The Balaban J connectivity index is 2.72. The van der Waals surface area contributed by atoms with Crippen LogP contribution in [-0.2, 0) is 4.74 Å². The number of ether oxygens (including phenoxy) is 1. The van der Waals surface area contributed by atoms with Crippen LogP contribution in [0.2, 0.25) is 0 Å². The first-order chi connectivity index (χ1) is 6.74. The van der Waals surface area contributed by atoms with Crippen molar-refractivity contribution in [2.75, 3.05) is 6.61 Å². The van der Waals surface area contributed by atoms with Gasteiger partial charge in [0.1, 0.15) is 6.10 Å². The van der Waals surface area contributed by atoms with E-state index in [0.29, 0.717) is 6.42 Å². The van der Waals surface area contributed by atoms with Gasteiger partial charge in [-0.2, -0.15) is 0 Å². The van der Waals surface area contributed by atoms with Gasteiger partial charge >= 0.3 is 6.09 Å². The Bertz CT molecular complexity index is 287. The first kappa shape index (κ1) is 10.5. The van der Waals surface area contributed by atoms with E-state index in [1.54, 1.807) is 0 Å². The van der Waals surface area contributed by atoms with Gasteiger partial charge in [0, 0.05) is 13.0 Å². The topological polar surface area (TPSA) is 72.6 Å². The molecule has 0 aromatic heterocycles. The maximum atomic E-state index is 10.6. The van der Waals surface area contributed by atoms with E-state index in [9.17, 15) is 4.79 Å². The van der Waals surface area contributed by atoms with E-state index in [2.05, 4.69) is 0 Å². The molecule has 1 aromatic carbocycles. The molecule has 0 aliphatic heterocycles. The molecule has 4 heteroatoms. The summed E-state index contributed by atoms with van der Waals surface area (Å²) in [6.07, 6.45) is -0.932. The molecule has 0 unspecified atom stereocenters. The Kier molecular flexibility index (Phi) is 3.94. The van der Waals surface area contributed by atoms with Crippen molar-refractivity contribution in [3.8, 4) is 0 Å². The fourth-order valence-electron chi connectivity index (χ4n) is 1.22. The van der Waals surface area contributed by atoms with Gasteiger partial charge in [0.25, 0.3) is 0 Å². The predicted octanol–water partition coefficient (Wildman–Crippen LogP) is 1.21. The molecule has 0 radical (unpaired) electrons. The number of carbonyl (C=O) groups excluding carboxylic acids is 1. The smallest absolute Gasteiger partial charge is 0.405 e. The summed E-state index contributed by atoms with van der Waals surface area (Å²) >= 11 is 0. The zero-order valence-corrected chi connectivity index (χ0v) is 7.72. The third kappa shape index (κ3) is 3.06.